The zero-order valence-electron chi connectivity index (χ0n) is 13.9. The third-order valence-electron chi connectivity index (χ3n) is 5.09. The number of amides is 1. The molecule has 3 rings (SSSR count). The first-order chi connectivity index (χ1) is 11.2. The van der Waals surface area contributed by atoms with E-state index in [1.165, 1.54) is 12.5 Å². The second kappa shape index (κ2) is 8.79. The number of benzene rings is 1. The molecule has 0 aromatic heterocycles. The minimum atomic E-state index is -0.281. The Morgan fingerprint density at radius 1 is 1.33 bits per heavy atom. The Labute approximate surface area is 148 Å². The lowest BCUT2D eigenvalue weighted by Gasteiger charge is -2.38. The Kier molecular flexibility index (Phi) is 7.02. The predicted octanol–water partition coefficient (Wildman–Crippen LogP) is 2.55. The maximum atomic E-state index is 13.7. The summed E-state index contributed by atoms with van der Waals surface area (Å²) in [7, 11) is 0. The van der Waals surface area contributed by atoms with Gasteiger partial charge in [0.25, 0.3) is 0 Å². The van der Waals surface area contributed by atoms with Crippen LogP contribution < -0.4 is 10.6 Å². The van der Waals surface area contributed by atoms with E-state index in [0.29, 0.717) is 26.3 Å². The highest BCUT2D eigenvalue weighted by Gasteiger charge is 2.35. The number of hydrogen-bond acceptors (Lipinski definition) is 3. The van der Waals surface area contributed by atoms with Gasteiger partial charge in [-0.3, -0.25) is 4.79 Å². The largest absolute Gasteiger partial charge is 0.378 e. The molecule has 1 heterocycles. The molecule has 0 radical (unpaired) electrons. The number of carbonyl (C=O) groups is 1. The van der Waals surface area contributed by atoms with Gasteiger partial charge in [-0.05, 0) is 30.5 Å². The molecule has 1 amide bonds. The third kappa shape index (κ3) is 4.47. The van der Waals surface area contributed by atoms with Crippen LogP contribution in [0, 0.1) is 5.82 Å². The molecule has 1 aromatic carbocycles. The molecule has 6 heteroatoms. The van der Waals surface area contributed by atoms with Crippen LogP contribution in [0.15, 0.2) is 24.3 Å². The minimum absolute atomic E-state index is 0. The first-order valence-electron chi connectivity index (χ1n) is 8.55. The molecule has 1 atom stereocenters. The highest BCUT2D eigenvalue weighted by molar-refractivity contribution is 5.85. The van der Waals surface area contributed by atoms with Crippen LogP contribution in [-0.2, 0) is 14.9 Å². The highest BCUT2D eigenvalue weighted by Crippen LogP contribution is 2.39. The summed E-state index contributed by atoms with van der Waals surface area (Å²) in [5.74, 6) is -0.229. The quantitative estimate of drug-likeness (QED) is 0.871. The van der Waals surface area contributed by atoms with Gasteiger partial charge in [0, 0.05) is 18.5 Å². The van der Waals surface area contributed by atoms with Crippen molar-refractivity contribution >= 4 is 18.3 Å². The lowest BCUT2D eigenvalue weighted by atomic mass is 9.69. The summed E-state index contributed by atoms with van der Waals surface area (Å²) in [5.41, 5.74) is 0.858. The van der Waals surface area contributed by atoms with Crippen LogP contribution >= 0.6 is 12.4 Å². The SMILES string of the molecule is Cl.O=C(NCC1(c2cccc(F)c2)CCCCC1)C1COCCN1. The molecular weight excluding hydrogens is 331 g/mol. The van der Waals surface area contributed by atoms with Crippen LogP contribution in [0.5, 0.6) is 0 Å². The molecule has 134 valence electrons. The Morgan fingerprint density at radius 3 is 2.79 bits per heavy atom. The average molecular weight is 357 g/mol. The third-order valence-corrected chi connectivity index (χ3v) is 5.09. The van der Waals surface area contributed by atoms with Crippen LogP contribution in [-0.4, -0.2) is 38.3 Å². The number of rotatable bonds is 4. The van der Waals surface area contributed by atoms with Gasteiger partial charge >= 0.3 is 0 Å². The molecule has 1 aliphatic carbocycles. The van der Waals surface area contributed by atoms with E-state index in [1.807, 2.05) is 6.07 Å². The first-order valence-corrected chi connectivity index (χ1v) is 8.55. The maximum absolute atomic E-state index is 13.7. The van der Waals surface area contributed by atoms with Gasteiger partial charge in [-0.15, -0.1) is 12.4 Å². The fourth-order valence-electron chi connectivity index (χ4n) is 3.73. The van der Waals surface area contributed by atoms with E-state index in [1.54, 1.807) is 12.1 Å². The number of ether oxygens (including phenoxy) is 1. The predicted molar refractivity (Wildman–Crippen MR) is 94.0 cm³/mol. The Balaban J connectivity index is 0.00000208. The molecular formula is C18H26ClFN2O2. The number of carbonyl (C=O) groups excluding carboxylic acids is 1. The van der Waals surface area contributed by atoms with Crippen molar-refractivity contribution in [2.75, 3.05) is 26.3 Å². The van der Waals surface area contributed by atoms with Crippen LogP contribution in [0.2, 0.25) is 0 Å². The van der Waals surface area contributed by atoms with Gasteiger partial charge in [0.2, 0.25) is 5.91 Å². The van der Waals surface area contributed by atoms with Crippen LogP contribution in [0.25, 0.3) is 0 Å². The second-order valence-electron chi connectivity index (χ2n) is 6.65. The van der Waals surface area contributed by atoms with E-state index in [2.05, 4.69) is 10.6 Å². The van der Waals surface area contributed by atoms with Gasteiger partial charge in [-0.2, -0.15) is 0 Å². The van der Waals surface area contributed by atoms with Crippen molar-refractivity contribution in [1.82, 2.24) is 10.6 Å². The summed E-state index contributed by atoms with van der Waals surface area (Å²) < 4.78 is 19.0. The fraction of sp³-hybridized carbons (Fsp3) is 0.611. The molecule has 24 heavy (non-hydrogen) atoms. The fourth-order valence-corrected chi connectivity index (χ4v) is 3.73. The lowest BCUT2D eigenvalue weighted by Crippen LogP contribution is -2.53. The summed E-state index contributed by atoms with van der Waals surface area (Å²) in [6.45, 7) is 2.33. The number of morpholine rings is 1. The molecule has 1 saturated carbocycles. The van der Waals surface area contributed by atoms with Gasteiger partial charge in [0.05, 0.1) is 13.2 Å². The van der Waals surface area contributed by atoms with Crippen molar-refractivity contribution in [1.29, 1.82) is 0 Å². The molecule has 2 aliphatic rings. The Bertz CT molecular complexity index is 544. The molecule has 4 nitrogen and oxygen atoms in total. The molecule has 2 N–H and O–H groups in total. The summed E-state index contributed by atoms with van der Waals surface area (Å²) >= 11 is 0. The van der Waals surface area contributed by atoms with E-state index >= 15 is 0 Å². The lowest BCUT2D eigenvalue weighted by molar-refractivity contribution is -0.126. The maximum Gasteiger partial charge on any atom is 0.239 e. The van der Waals surface area contributed by atoms with Crippen molar-refractivity contribution in [2.45, 2.75) is 43.6 Å². The molecule has 1 saturated heterocycles. The zero-order chi connectivity index (χ0) is 16.1. The van der Waals surface area contributed by atoms with Crippen LogP contribution in [0.1, 0.15) is 37.7 Å². The van der Waals surface area contributed by atoms with E-state index in [9.17, 15) is 9.18 Å². The first kappa shape index (κ1) is 19.2. The van der Waals surface area contributed by atoms with E-state index < -0.39 is 0 Å². The molecule has 1 unspecified atom stereocenters. The van der Waals surface area contributed by atoms with Crippen LogP contribution in [0.4, 0.5) is 4.39 Å². The Morgan fingerprint density at radius 2 is 2.12 bits per heavy atom. The van der Waals surface area contributed by atoms with Gasteiger partial charge in [-0.1, -0.05) is 31.4 Å². The summed E-state index contributed by atoms with van der Waals surface area (Å²) in [5, 5.41) is 6.25. The van der Waals surface area contributed by atoms with Gasteiger partial charge in [-0.25, -0.2) is 4.39 Å². The van der Waals surface area contributed by atoms with Crippen LogP contribution in [0.3, 0.4) is 0 Å². The second-order valence-corrected chi connectivity index (χ2v) is 6.65. The molecule has 0 bridgehead atoms. The monoisotopic (exact) mass is 356 g/mol. The van der Waals surface area contributed by atoms with E-state index in [-0.39, 0.29) is 35.6 Å². The molecule has 1 aliphatic heterocycles. The standard InChI is InChI=1S/C18H25FN2O2.ClH/c19-15-6-4-5-14(11-15)18(7-2-1-3-8-18)13-21-17(22)16-12-23-10-9-20-16;/h4-6,11,16,20H,1-3,7-10,12-13H2,(H,21,22);1H. The van der Waals surface area contributed by atoms with Crippen molar-refractivity contribution in [3.05, 3.63) is 35.6 Å². The van der Waals surface area contributed by atoms with Crippen molar-refractivity contribution in [2.24, 2.45) is 0 Å². The van der Waals surface area contributed by atoms with Gasteiger partial charge in [0.15, 0.2) is 0 Å². The number of halogens is 2. The zero-order valence-corrected chi connectivity index (χ0v) is 14.7. The molecule has 1 aromatic rings. The van der Waals surface area contributed by atoms with Crippen molar-refractivity contribution in [3.63, 3.8) is 0 Å². The molecule has 0 spiro atoms. The van der Waals surface area contributed by atoms with E-state index in [4.69, 9.17) is 4.74 Å². The van der Waals surface area contributed by atoms with Crippen molar-refractivity contribution < 1.29 is 13.9 Å². The Hall–Kier alpha value is -1.17. The normalized spacial score (nSPS) is 23.1. The molecule has 2 fully saturated rings. The number of hydrogen-bond donors (Lipinski definition) is 2. The minimum Gasteiger partial charge on any atom is -0.378 e. The highest BCUT2D eigenvalue weighted by atomic mass is 35.5. The number of nitrogens with one attached hydrogen (secondary N) is 2. The van der Waals surface area contributed by atoms with E-state index in [0.717, 1.165) is 31.2 Å². The van der Waals surface area contributed by atoms with Crippen molar-refractivity contribution in [3.8, 4) is 0 Å². The topological polar surface area (TPSA) is 50.4 Å². The van der Waals surface area contributed by atoms with Gasteiger partial charge < -0.3 is 15.4 Å². The smallest absolute Gasteiger partial charge is 0.239 e. The summed E-state index contributed by atoms with van der Waals surface area (Å²) in [6.07, 6.45) is 5.44. The van der Waals surface area contributed by atoms with Gasteiger partial charge in [0.1, 0.15) is 11.9 Å². The summed E-state index contributed by atoms with van der Waals surface area (Å²) in [4.78, 5) is 12.4. The average Bonchev–Trinajstić information content (AvgIpc) is 2.61. The summed E-state index contributed by atoms with van der Waals surface area (Å²) in [6, 6.07) is 6.57.